The SMILES string of the molecule is Cc1cc(Cl)ccc1C#Cc1ccc2cc(C#Cc3ccc(Cl)cc3C)ccc2c1. The lowest BCUT2D eigenvalue weighted by molar-refractivity contribution is 1.44. The van der Waals surface area contributed by atoms with Crippen molar-refractivity contribution in [2.75, 3.05) is 0 Å². The summed E-state index contributed by atoms with van der Waals surface area (Å²) in [6.07, 6.45) is 0. The molecule has 0 saturated heterocycles. The fourth-order valence-corrected chi connectivity index (χ4v) is 3.67. The van der Waals surface area contributed by atoms with Crippen LogP contribution in [0.5, 0.6) is 0 Å². The largest absolute Gasteiger partial charge is 0.0843 e. The lowest BCUT2D eigenvalue weighted by Crippen LogP contribution is -1.84. The minimum Gasteiger partial charge on any atom is -0.0843 e. The molecule has 0 radical (unpaired) electrons. The van der Waals surface area contributed by atoms with Gasteiger partial charge in [0, 0.05) is 32.3 Å². The monoisotopic (exact) mass is 424 g/mol. The van der Waals surface area contributed by atoms with Crippen LogP contribution in [0.1, 0.15) is 33.4 Å². The number of hydrogen-bond donors (Lipinski definition) is 0. The molecule has 4 aromatic carbocycles. The van der Waals surface area contributed by atoms with E-state index < -0.39 is 0 Å². The van der Waals surface area contributed by atoms with Crippen molar-refractivity contribution in [3.8, 4) is 23.7 Å². The van der Waals surface area contributed by atoms with Crippen LogP contribution in [0.4, 0.5) is 0 Å². The standard InChI is InChI=1S/C28H18Cl2/c1-19-15-27(29)13-11-23(19)7-3-21-5-9-26-18-22(6-10-25(26)17-21)4-8-24-12-14-28(30)16-20(24)2/h5-6,9-18H,1-2H3. The van der Waals surface area contributed by atoms with Gasteiger partial charge >= 0.3 is 0 Å². The third-order valence-electron chi connectivity index (χ3n) is 4.90. The molecule has 0 unspecified atom stereocenters. The van der Waals surface area contributed by atoms with Gasteiger partial charge in [-0.2, -0.15) is 0 Å². The van der Waals surface area contributed by atoms with Gasteiger partial charge in [-0.1, -0.05) is 59.0 Å². The molecular formula is C28H18Cl2. The van der Waals surface area contributed by atoms with E-state index in [4.69, 9.17) is 23.2 Å². The summed E-state index contributed by atoms with van der Waals surface area (Å²) in [6.45, 7) is 4.04. The number of rotatable bonds is 0. The van der Waals surface area contributed by atoms with Gasteiger partial charge in [0.05, 0.1) is 0 Å². The van der Waals surface area contributed by atoms with Crippen LogP contribution in [0, 0.1) is 37.5 Å². The second-order valence-electron chi connectivity index (χ2n) is 7.20. The van der Waals surface area contributed by atoms with E-state index in [0.29, 0.717) is 0 Å². The van der Waals surface area contributed by atoms with Crippen LogP contribution >= 0.6 is 23.2 Å². The molecule has 0 heterocycles. The predicted molar refractivity (Wildman–Crippen MR) is 128 cm³/mol. The summed E-state index contributed by atoms with van der Waals surface area (Å²) in [5, 5.41) is 3.74. The van der Waals surface area contributed by atoms with Gasteiger partial charge in [0.15, 0.2) is 0 Å². The minimum absolute atomic E-state index is 0.730. The Balaban J connectivity index is 1.61. The summed E-state index contributed by atoms with van der Waals surface area (Å²) in [5.41, 5.74) is 6.09. The Bertz CT molecular complexity index is 1280. The Hall–Kier alpha value is -3.16. The zero-order chi connectivity index (χ0) is 21.1. The molecule has 0 atom stereocenters. The van der Waals surface area contributed by atoms with Crippen molar-refractivity contribution >= 4 is 34.0 Å². The molecule has 4 aromatic rings. The van der Waals surface area contributed by atoms with Crippen LogP contribution in [0.15, 0.2) is 72.8 Å². The molecule has 0 bridgehead atoms. The Morgan fingerprint density at radius 3 is 1.33 bits per heavy atom. The molecule has 30 heavy (non-hydrogen) atoms. The van der Waals surface area contributed by atoms with E-state index in [1.165, 1.54) is 0 Å². The average Bonchev–Trinajstić information content (AvgIpc) is 2.72. The fourth-order valence-electron chi connectivity index (χ4n) is 3.21. The molecule has 144 valence electrons. The maximum absolute atomic E-state index is 6.02. The van der Waals surface area contributed by atoms with Crippen LogP contribution in [0.2, 0.25) is 10.0 Å². The molecule has 4 rings (SSSR count). The first kappa shape index (κ1) is 20.1. The molecule has 0 saturated carbocycles. The highest BCUT2D eigenvalue weighted by atomic mass is 35.5. The van der Waals surface area contributed by atoms with E-state index in [1.807, 2.05) is 62.4 Å². The van der Waals surface area contributed by atoms with Gasteiger partial charge in [0.2, 0.25) is 0 Å². The van der Waals surface area contributed by atoms with Crippen molar-refractivity contribution in [3.63, 3.8) is 0 Å². The normalized spacial score (nSPS) is 10.1. The number of benzene rings is 4. The van der Waals surface area contributed by atoms with Gasteiger partial charge in [0.25, 0.3) is 0 Å². The van der Waals surface area contributed by atoms with Gasteiger partial charge in [-0.25, -0.2) is 0 Å². The van der Waals surface area contributed by atoms with E-state index in [2.05, 4.69) is 47.9 Å². The molecule has 2 heteroatoms. The van der Waals surface area contributed by atoms with Crippen LogP contribution in [-0.4, -0.2) is 0 Å². The number of hydrogen-bond acceptors (Lipinski definition) is 0. The highest BCUT2D eigenvalue weighted by molar-refractivity contribution is 6.31. The molecule has 0 spiro atoms. The van der Waals surface area contributed by atoms with Gasteiger partial charge in [-0.05, 0) is 96.4 Å². The maximum Gasteiger partial charge on any atom is 0.0409 e. The summed E-state index contributed by atoms with van der Waals surface area (Å²) in [7, 11) is 0. The van der Waals surface area contributed by atoms with Crippen molar-refractivity contribution < 1.29 is 0 Å². The van der Waals surface area contributed by atoms with Crippen LogP contribution in [-0.2, 0) is 0 Å². The quantitative estimate of drug-likeness (QED) is 0.255. The smallest absolute Gasteiger partial charge is 0.0409 e. The summed E-state index contributed by atoms with van der Waals surface area (Å²) in [5.74, 6) is 13.0. The fraction of sp³-hybridized carbons (Fsp3) is 0.0714. The topological polar surface area (TPSA) is 0 Å². The lowest BCUT2D eigenvalue weighted by Gasteiger charge is -2.01. The molecular weight excluding hydrogens is 407 g/mol. The third kappa shape index (κ3) is 4.69. The van der Waals surface area contributed by atoms with E-state index in [1.54, 1.807) is 0 Å². The van der Waals surface area contributed by atoms with Crippen molar-refractivity contribution in [2.45, 2.75) is 13.8 Å². The van der Waals surface area contributed by atoms with Crippen LogP contribution in [0.3, 0.4) is 0 Å². The van der Waals surface area contributed by atoms with Crippen LogP contribution in [0.25, 0.3) is 10.8 Å². The molecule has 0 N–H and O–H groups in total. The maximum atomic E-state index is 6.02. The first-order valence-electron chi connectivity index (χ1n) is 9.58. The average molecular weight is 425 g/mol. The van der Waals surface area contributed by atoms with E-state index in [0.717, 1.165) is 54.2 Å². The zero-order valence-corrected chi connectivity index (χ0v) is 18.2. The third-order valence-corrected chi connectivity index (χ3v) is 5.37. The number of fused-ring (bicyclic) bond motifs is 1. The Morgan fingerprint density at radius 1 is 0.500 bits per heavy atom. The Labute approximate surface area is 187 Å². The molecule has 0 fully saturated rings. The summed E-state index contributed by atoms with van der Waals surface area (Å²) < 4.78 is 0. The lowest BCUT2D eigenvalue weighted by atomic mass is 10.0. The minimum atomic E-state index is 0.730. The number of halogens is 2. The summed E-state index contributed by atoms with van der Waals surface area (Å²) >= 11 is 12.0. The molecule has 0 aliphatic heterocycles. The van der Waals surface area contributed by atoms with E-state index in [-0.39, 0.29) is 0 Å². The molecule has 0 aromatic heterocycles. The van der Waals surface area contributed by atoms with E-state index in [9.17, 15) is 0 Å². The second kappa shape index (κ2) is 8.69. The number of aryl methyl sites for hydroxylation is 2. The highest BCUT2D eigenvalue weighted by Gasteiger charge is 1.99. The first-order valence-corrected chi connectivity index (χ1v) is 10.3. The van der Waals surface area contributed by atoms with Gasteiger partial charge in [-0.3, -0.25) is 0 Å². The van der Waals surface area contributed by atoms with Crippen molar-refractivity contribution in [2.24, 2.45) is 0 Å². The Kier molecular flexibility index (Phi) is 5.83. The second-order valence-corrected chi connectivity index (χ2v) is 8.07. The van der Waals surface area contributed by atoms with Crippen molar-refractivity contribution in [1.82, 2.24) is 0 Å². The summed E-state index contributed by atoms with van der Waals surface area (Å²) in [4.78, 5) is 0. The molecule has 0 aliphatic carbocycles. The van der Waals surface area contributed by atoms with E-state index >= 15 is 0 Å². The van der Waals surface area contributed by atoms with Crippen LogP contribution < -0.4 is 0 Å². The molecule has 0 nitrogen and oxygen atoms in total. The summed E-state index contributed by atoms with van der Waals surface area (Å²) in [6, 6.07) is 24.0. The predicted octanol–water partition coefficient (Wildman–Crippen LogP) is 7.56. The molecule has 0 amide bonds. The van der Waals surface area contributed by atoms with Crippen molar-refractivity contribution in [3.05, 3.63) is 116 Å². The molecule has 0 aliphatic rings. The van der Waals surface area contributed by atoms with Gasteiger partial charge in [-0.15, -0.1) is 0 Å². The van der Waals surface area contributed by atoms with Crippen molar-refractivity contribution in [1.29, 1.82) is 0 Å². The zero-order valence-electron chi connectivity index (χ0n) is 16.7. The van der Waals surface area contributed by atoms with Gasteiger partial charge in [0.1, 0.15) is 0 Å². The highest BCUT2D eigenvalue weighted by Crippen LogP contribution is 2.19. The Morgan fingerprint density at radius 2 is 0.933 bits per heavy atom. The first-order chi connectivity index (χ1) is 14.5. The van der Waals surface area contributed by atoms with Gasteiger partial charge < -0.3 is 0 Å².